The summed E-state index contributed by atoms with van der Waals surface area (Å²) in [5.41, 5.74) is 8.14. The number of thioether (sulfide) groups is 1. The van der Waals surface area contributed by atoms with E-state index in [1.54, 1.807) is 14.2 Å². The third-order valence-corrected chi connectivity index (χ3v) is 12.5. The van der Waals surface area contributed by atoms with Crippen LogP contribution < -0.4 is 18.9 Å². The molecule has 5 aromatic rings. The molecule has 5 aromatic carbocycles. The number of rotatable bonds is 4. The van der Waals surface area contributed by atoms with Gasteiger partial charge in [-0.2, -0.15) is 0 Å². The molecule has 1 saturated carbocycles. The van der Waals surface area contributed by atoms with E-state index in [1.807, 2.05) is 36.0 Å². The van der Waals surface area contributed by atoms with E-state index in [0.29, 0.717) is 0 Å². The van der Waals surface area contributed by atoms with Crippen molar-refractivity contribution in [3.05, 3.63) is 119 Å². The Morgan fingerprint density at radius 3 is 2.08 bits per heavy atom. The molecule has 0 amide bonds. The third kappa shape index (κ3) is 4.80. The van der Waals surface area contributed by atoms with Crippen LogP contribution in [0.2, 0.25) is 0 Å². The second kappa shape index (κ2) is 12.2. The maximum absolute atomic E-state index is 7.66. The second-order valence-corrected chi connectivity index (χ2v) is 15.0. The first-order chi connectivity index (χ1) is 24.1. The van der Waals surface area contributed by atoms with E-state index >= 15 is 0 Å². The molecule has 4 aliphatic rings. The zero-order chi connectivity index (χ0) is 33.0. The highest BCUT2D eigenvalue weighted by Crippen LogP contribution is 2.62. The Kier molecular flexibility index (Phi) is 7.65. The van der Waals surface area contributed by atoms with Crippen molar-refractivity contribution in [1.82, 2.24) is 0 Å². The molecule has 49 heavy (non-hydrogen) atoms. The molecule has 5 heteroatoms. The Labute approximate surface area is 293 Å². The largest absolute Gasteiger partial charge is 0.497 e. The Morgan fingerprint density at radius 1 is 0.714 bits per heavy atom. The van der Waals surface area contributed by atoms with Crippen molar-refractivity contribution < 1.29 is 18.9 Å². The molecule has 0 unspecified atom stereocenters. The van der Waals surface area contributed by atoms with Crippen molar-refractivity contribution in [2.75, 3.05) is 26.6 Å². The van der Waals surface area contributed by atoms with Gasteiger partial charge in [-0.15, -0.1) is 11.8 Å². The fraction of sp³-hybridized carbons (Fsp3) is 0.318. The van der Waals surface area contributed by atoms with Gasteiger partial charge in [0.15, 0.2) is 5.60 Å². The lowest BCUT2D eigenvalue weighted by atomic mass is 9.67. The van der Waals surface area contributed by atoms with Crippen molar-refractivity contribution in [1.29, 1.82) is 0 Å². The minimum Gasteiger partial charge on any atom is -0.497 e. The normalized spacial score (nSPS) is 18.5. The van der Waals surface area contributed by atoms with Gasteiger partial charge in [-0.25, -0.2) is 0 Å². The van der Waals surface area contributed by atoms with Gasteiger partial charge in [0.1, 0.15) is 23.0 Å². The Morgan fingerprint density at radius 2 is 1.39 bits per heavy atom. The molecule has 9 rings (SSSR count). The number of ether oxygens (including phenoxy) is 4. The standard InChI is InChI=1S/C44H42O4S/c1-45-31-17-13-29(14-18-31)44(30-15-19-32(46-2)20-16-30)24-21-34-41-40(33-11-6-7-12-37(33)43(41)22-8-4-3-5-9-23-43)35-28-39-38(47-25-10-26-49-39)27-36(35)42(34)48-44/h6-7,11-21,24,27-28H,3-5,8-10,22-23,25-26H2,1-2H3. The van der Waals surface area contributed by atoms with Crippen molar-refractivity contribution in [3.63, 3.8) is 0 Å². The van der Waals surface area contributed by atoms with Gasteiger partial charge in [0.2, 0.25) is 0 Å². The number of benzene rings is 5. The second-order valence-electron chi connectivity index (χ2n) is 13.9. The van der Waals surface area contributed by atoms with Gasteiger partial charge in [0.25, 0.3) is 0 Å². The summed E-state index contributed by atoms with van der Waals surface area (Å²) in [6.45, 7) is 0.729. The van der Waals surface area contributed by atoms with E-state index in [2.05, 4.69) is 72.8 Å². The van der Waals surface area contributed by atoms with Gasteiger partial charge in [-0.05, 0) is 89.4 Å². The molecule has 0 bridgehead atoms. The minimum absolute atomic E-state index is 0.0466. The van der Waals surface area contributed by atoms with Gasteiger partial charge in [0.05, 0.1) is 25.7 Å². The average molecular weight is 667 g/mol. The SMILES string of the molecule is COc1ccc(C2(c3ccc(OC)cc3)C=Cc3c4c(c5cc6c(cc5c3O2)OCCCS6)-c2ccccc2C42CCCCCCC2)cc1. The summed E-state index contributed by atoms with van der Waals surface area (Å²) in [6.07, 6.45) is 14.4. The molecule has 0 N–H and O–H groups in total. The molecule has 1 spiro atoms. The number of fused-ring (bicyclic) bond motifs is 11. The maximum atomic E-state index is 7.66. The first-order valence-corrected chi connectivity index (χ1v) is 18.8. The predicted octanol–water partition coefficient (Wildman–Crippen LogP) is 11.1. The molecular weight excluding hydrogens is 625 g/mol. The summed E-state index contributed by atoms with van der Waals surface area (Å²) in [4.78, 5) is 1.23. The number of hydrogen-bond donors (Lipinski definition) is 0. The quantitative estimate of drug-likeness (QED) is 0.191. The number of methoxy groups -OCH3 is 2. The molecule has 0 atom stereocenters. The van der Waals surface area contributed by atoms with E-state index in [0.717, 1.165) is 71.1 Å². The summed E-state index contributed by atoms with van der Waals surface area (Å²) >= 11 is 1.92. The molecule has 0 saturated heterocycles. The molecule has 1 fully saturated rings. The molecular formula is C44H42O4S. The molecule has 2 heterocycles. The van der Waals surface area contributed by atoms with Crippen molar-refractivity contribution in [3.8, 4) is 34.1 Å². The highest BCUT2D eigenvalue weighted by Gasteiger charge is 2.48. The smallest absolute Gasteiger partial charge is 0.178 e. The van der Waals surface area contributed by atoms with E-state index in [4.69, 9.17) is 18.9 Å². The van der Waals surface area contributed by atoms with E-state index < -0.39 is 5.60 Å². The highest BCUT2D eigenvalue weighted by molar-refractivity contribution is 7.99. The lowest BCUT2D eigenvalue weighted by Gasteiger charge is -2.40. The van der Waals surface area contributed by atoms with Crippen molar-refractivity contribution in [2.24, 2.45) is 0 Å². The van der Waals surface area contributed by atoms with Crippen LogP contribution in [0, 0.1) is 0 Å². The minimum atomic E-state index is -0.866. The van der Waals surface area contributed by atoms with Crippen molar-refractivity contribution in [2.45, 2.75) is 67.3 Å². The lowest BCUT2D eigenvalue weighted by molar-refractivity contribution is 0.163. The van der Waals surface area contributed by atoms with Crippen LogP contribution in [-0.4, -0.2) is 26.6 Å². The lowest BCUT2D eigenvalue weighted by Crippen LogP contribution is -2.35. The summed E-state index contributed by atoms with van der Waals surface area (Å²) in [7, 11) is 3.42. The Bertz CT molecular complexity index is 2020. The van der Waals surface area contributed by atoms with Crippen LogP contribution >= 0.6 is 11.8 Å². The van der Waals surface area contributed by atoms with E-state index in [1.165, 1.54) is 70.2 Å². The maximum Gasteiger partial charge on any atom is 0.178 e. The van der Waals surface area contributed by atoms with Gasteiger partial charge in [0, 0.05) is 33.2 Å². The fourth-order valence-electron chi connectivity index (χ4n) is 9.01. The molecule has 4 nitrogen and oxygen atoms in total. The van der Waals surface area contributed by atoms with Crippen LogP contribution in [0.1, 0.15) is 79.2 Å². The van der Waals surface area contributed by atoms with Crippen LogP contribution in [0.4, 0.5) is 0 Å². The molecule has 0 aromatic heterocycles. The summed E-state index contributed by atoms with van der Waals surface area (Å²) in [5, 5.41) is 2.38. The first-order valence-electron chi connectivity index (χ1n) is 17.9. The van der Waals surface area contributed by atoms with Gasteiger partial charge >= 0.3 is 0 Å². The van der Waals surface area contributed by atoms with Crippen molar-refractivity contribution >= 4 is 28.6 Å². The Hall–Kier alpha value is -4.35. The topological polar surface area (TPSA) is 36.9 Å². The van der Waals surface area contributed by atoms with Crippen LogP contribution in [0.5, 0.6) is 23.0 Å². The average Bonchev–Trinajstić information content (AvgIpc) is 3.24. The Balaban J connectivity index is 1.36. The highest BCUT2D eigenvalue weighted by atomic mass is 32.2. The van der Waals surface area contributed by atoms with E-state index in [9.17, 15) is 0 Å². The molecule has 2 aliphatic heterocycles. The van der Waals surface area contributed by atoms with Crippen LogP contribution in [0.3, 0.4) is 0 Å². The summed E-state index contributed by atoms with van der Waals surface area (Å²) < 4.78 is 25.2. The van der Waals surface area contributed by atoms with E-state index in [-0.39, 0.29) is 5.41 Å². The summed E-state index contributed by atoms with van der Waals surface area (Å²) in [6, 6.07) is 30.6. The monoisotopic (exact) mass is 666 g/mol. The zero-order valence-corrected chi connectivity index (χ0v) is 29.2. The molecule has 0 radical (unpaired) electrons. The van der Waals surface area contributed by atoms with Gasteiger partial charge in [-0.3, -0.25) is 0 Å². The van der Waals surface area contributed by atoms with Crippen LogP contribution in [0.25, 0.3) is 28.0 Å². The number of hydrogen-bond acceptors (Lipinski definition) is 5. The predicted molar refractivity (Wildman–Crippen MR) is 200 cm³/mol. The molecule has 248 valence electrons. The van der Waals surface area contributed by atoms with Gasteiger partial charge in [-0.1, -0.05) is 86.7 Å². The fourth-order valence-corrected chi connectivity index (χ4v) is 9.95. The first kappa shape index (κ1) is 30.7. The van der Waals surface area contributed by atoms with Crippen LogP contribution in [-0.2, 0) is 11.0 Å². The summed E-state index contributed by atoms with van der Waals surface area (Å²) in [5.74, 6) is 4.60. The third-order valence-electron chi connectivity index (χ3n) is 11.3. The zero-order valence-electron chi connectivity index (χ0n) is 28.3. The van der Waals surface area contributed by atoms with Gasteiger partial charge < -0.3 is 18.9 Å². The van der Waals surface area contributed by atoms with Crippen LogP contribution in [0.15, 0.2) is 95.9 Å². The molecule has 2 aliphatic carbocycles.